The molecule has 1 aromatic rings. The van der Waals surface area contributed by atoms with E-state index in [-0.39, 0.29) is 0 Å². The molecule has 2 unspecified atom stereocenters. The lowest BCUT2D eigenvalue weighted by Gasteiger charge is -2.11. The van der Waals surface area contributed by atoms with Gasteiger partial charge in [-0.25, -0.2) is 0 Å². The molecule has 2 atom stereocenters. The van der Waals surface area contributed by atoms with Crippen LogP contribution in [0, 0.1) is 11.8 Å². The maximum Gasteiger partial charge on any atom is 0.0630 e. The molecule has 134 valence electrons. The molecule has 24 heavy (non-hydrogen) atoms. The monoisotopic (exact) mass is 328 g/mol. The summed E-state index contributed by atoms with van der Waals surface area (Å²) in [5.41, 5.74) is 4.70. The van der Waals surface area contributed by atoms with Crippen LogP contribution in [-0.2, 0) is 0 Å². The second-order valence-electron chi connectivity index (χ2n) is 7.01. The van der Waals surface area contributed by atoms with E-state index < -0.39 is 0 Å². The van der Waals surface area contributed by atoms with E-state index in [2.05, 4.69) is 65.8 Å². The lowest BCUT2D eigenvalue weighted by molar-refractivity contribution is 0.583. The third-order valence-electron chi connectivity index (χ3n) is 4.80. The van der Waals surface area contributed by atoms with Crippen molar-refractivity contribution < 1.29 is 0 Å². The highest BCUT2D eigenvalue weighted by atomic mass is 14.8. The lowest BCUT2D eigenvalue weighted by Crippen LogP contribution is -2.03. The predicted octanol–water partition coefficient (Wildman–Crippen LogP) is 7.52. The summed E-state index contributed by atoms with van der Waals surface area (Å²) in [6.45, 7) is 13.5. The fourth-order valence-corrected chi connectivity index (χ4v) is 2.60. The third kappa shape index (κ3) is 7.42. The average molecular weight is 329 g/mol. The van der Waals surface area contributed by atoms with Crippen molar-refractivity contribution in [2.24, 2.45) is 21.8 Å². The highest BCUT2D eigenvalue weighted by Gasteiger charge is 2.06. The second-order valence-corrected chi connectivity index (χ2v) is 7.01. The highest BCUT2D eigenvalue weighted by molar-refractivity contribution is 5.88. The average Bonchev–Trinajstić information content (AvgIpc) is 2.61. The van der Waals surface area contributed by atoms with E-state index in [1.807, 2.05) is 0 Å². The third-order valence-corrected chi connectivity index (χ3v) is 4.80. The Morgan fingerprint density at radius 3 is 1.29 bits per heavy atom. The Kier molecular flexibility index (Phi) is 9.59. The molecule has 0 heterocycles. The van der Waals surface area contributed by atoms with E-state index in [9.17, 15) is 0 Å². The number of benzene rings is 1. The van der Waals surface area contributed by atoms with Gasteiger partial charge in [0.2, 0.25) is 0 Å². The predicted molar refractivity (Wildman–Crippen MR) is 109 cm³/mol. The summed E-state index contributed by atoms with van der Waals surface area (Å²) in [4.78, 5) is 9.67. The van der Waals surface area contributed by atoms with Gasteiger partial charge in [0.05, 0.1) is 11.4 Å². The zero-order chi connectivity index (χ0) is 17.9. The Balaban J connectivity index is 2.83. The fraction of sp³-hybridized carbons (Fsp3) is 0.636. The summed E-state index contributed by atoms with van der Waals surface area (Å²) >= 11 is 0. The van der Waals surface area contributed by atoms with Crippen LogP contribution in [-0.4, -0.2) is 11.4 Å². The van der Waals surface area contributed by atoms with Crippen LogP contribution < -0.4 is 0 Å². The minimum absolute atomic E-state index is 0.709. The van der Waals surface area contributed by atoms with Crippen LogP contribution >= 0.6 is 0 Å². The molecule has 0 saturated heterocycles. The van der Waals surface area contributed by atoms with Crippen LogP contribution in [0.5, 0.6) is 0 Å². The maximum atomic E-state index is 4.84. The van der Waals surface area contributed by atoms with Crippen LogP contribution in [0.2, 0.25) is 0 Å². The largest absolute Gasteiger partial charge is 0.258 e. The Labute approximate surface area is 149 Å². The van der Waals surface area contributed by atoms with Gasteiger partial charge >= 0.3 is 0 Å². The number of hydrogen-bond donors (Lipinski definition) is 0. The second kappa shape index (κ2) is 11.2. The van der Waals surface area contributed by atoms with Crippen molar-refractivity contribution in [3.8, 4) is 0 Å². The molecule has 1 rings (SSSR count). The van der Waals surface area contributed by atoms with Crippen molar-refractivity contribution in [1.29, 1.82) is 0 Å². The van der Waals surface area contributed by atoms with Crippen LogP contribution in [0.4, 0.5) is 11.4 Å². The molecule has 0 amide bonds. The summed E-state index contributed by atoms with van der Waals surface area (Å²) in [6.07, 6.45) is 6.67. The molecule has 0 aliphatic rings. The Hall–Kier alpha value is -1.44. The van der Waals surface area contributed by atoms with Crippen molar-refractivity contribution >= 4 is 22.8 Å². The minimum atomic E-state index is 0.709. The molecule has 2 heteroatoms. The SMILES string of the molecule is CC/C(CC(C)CC)=N/c1ccc(/N=C(/CC)CC(C)CC)cc1. The summed E-state index contributed by atoms with van der Waals surface area (Å²) in [7, 11) is 0. The Morgan fingerprint density at radius 1 is 0.708 bits per heavy atom. The van der Waals surface area contributed by atoms with Gasteiger partial charge in [-0.1, -0.05) is 54.4 Å². The first-order chi connectivity index (χ1) is 11.5. The molecular weight excluding hydrogens is 292 g/mol. The number of hydrogen-bond acceptors (Lipinski definition) is 2. The smallest absolute Gasteiger partial charge is 0.0630 e. The quantitative estimate of drug-likeness (QED) is 0.397. The van der Waals surface area contributed by atoms with E-state index in [1.54, 1.807) is 0 Å². The van der Waals surface area contributed by atoms with Crippen molar-refractivity contribution in [1.82, 2.24) is 0 Å². The molecular formula is C22H36N2. The van der Waals surface area contributed by atoms with Gasteiger partial charge in [0.25, 0.3) is 0 Å². The first-order valence-corrected chi connectivity index (χ1v) is 9.75. The number of aliphatic imine (C=N–C) groups is 2. The standard InChI is InChI=1S/C22H36N2/c1-7-17(5)15-19(9-3)23-21-11-13-22(14-12-21)24-20(10-4)16-18(6)8-2/h11-14,17-18H,7-10,15-16H2,1-6H3/b23-19-,24-20-. The van der Waals surface area contributed by atoms with E-state index in [4.69, 9.17) is 9.98 Å². The van der Waals surface area contributed by atoms with E-state index in [1.165, 1.54) is 24.3 Å². The molecule has 1 aromatic carbocycles. The molecule has 0 bridgehead atoms. The summed E-state index contributed by atoms with van der Waals surface area (Å²) < 4.78 is 0. The molecule has 2 nitrogen and oxygen atoms in total. The Bertz CT molecular complexity index is 476. The lowest BCUT2D eigenvalue weighted by atomic mass is 10.00. The van der Waals surface area contributed by atoms with Gasteiger partial charge in [-0.05, 0) is 61.8 Å². The summed E-state index contributed by atoms with van der Waals surface area (Å²) in [5.74, 6) is 1.42. The number of nitrogens with zero attached hydrogens (tertiary/aromatic N) is 2. The van der Waals surface area contributed by atoms with Gasteiger partial charge in [-0.2, -0.15) is 0 Å². The first-order valence-electron chi connectivity index (χ1n) is 9.75. The molecule has 0 aliphatic heterocycles. The molecule has 0 aliphatic carbocycles. The maximum absolute atomic E-state index is 4.84. The van der Waals surface area contributed by atoms with Crippen LogP contribution in [0.3, 0.4) is 0 Å². The van der Waals surface area contributed by atoms with Crippen molar-refractivity contribution in [2.45, 2.75) is 80.1 Å². The summed E-state index contributed by atoms with van der Waals surface area (Å²) in [6, 6.07) is 8.40. The summed E-state index contributed by atoms with van der Waals surface area (Å²) in [5, 5.41) is 0. The van der Waals surface area contributed by atoms with Gasteiger partial charge in [-0.15, -0.1) is 0 Å². The van der Waals surface area contributed by atoms with Crippen LogP contribution in [0.25, 0.3) is 0 Å². The van der Waals surface area contributed by atoms with Gasteiger partial charge in [0.1, 0.15) is 0 Å². The van der Waals surface area contributed by atoms with Crippen molar-refractivity contribution in [3.05, 3.63) is 24.3 Å². The fourth-order valence-electron chi connectivity index (χ4n) is 2.60. The van der Waals surface area contributed by atoms with Crippen molar-refractivity contribution in [2.75, 3.05) is 0 Å². The molecule has 0 spiro atoms. The first kappa shape index (κ1) is 20.6. The van der Waals surface area contributed by atoms with Gasteiger partial charge in [0.15, 0.2) is 0 Å². The van der Waals surface area contributed by atoms with E-state index in [0.29, 0.717) is 11.8 Å². The van der Waals surface area contributed by atoms with Gasteiger partial charge in [0, 0.05) is 11.4 Å². The zero-order valence-electron chi connectivity index (χ0n) is 16.6. The highest BCUT2D eigenvalue weighted by Crippen LogP contribution is 2.22. The molecule has 0 saturated carbocycles. The normalized spacial score (nSPS) is 15.4. The molecule has 0 aromatic heterocycles. The Morgan fingerprint density at radius 2 is 1.04 bits per heavy atom. The minimum Gasteiger partial charge on any atom is -0.258 e. The number of rotatable bonds is 10. The molecule has 0 radical (unpaired) electrons. The molecule has 0 N–H and O–H groups in total. The van der Waals surface area contributed by atoms with Crippen LogP contribution in [0.15, 0.2) is 34.3 Å². The van der Waals surface area contributed by atoms with Gasteiger partial charge in [-0.3, -0.25) is 9.98 Å². The van der Waals surface area contributed by atoms with E-state index >= 15 is 0 Å². The van der Waals surface area contributed by atoms with E-state index in [0.717, 1.165) is 37.1 Å². The molecule has 0 fully saturated rings. The zero-order valence-corrected chi connectivity index (χ0v) is 16.6. The van der Waals surface area contributed by atoms with Gasteiger partial charge < -0.3 is 0 Å². The topological polar surface area (TPSA) is 24.7 Å². The van der Waals surface area contributed by atoms with Crippen molar-refractivity contribution in [3.63, 3.8) is 0 Å². The van der Waals surface area contributed by atoms with Crippen LogP contribution in [0.1, 0.15) is 80.1 Å².